The van der Waals surface area contributed by atoms with Gasteiger partial charge in [-0.05, 0) is 44.0 Å². The van der Waals surface area contributed by atoms with Crippen molar-refractivity contribution in [2.24, 2.45) is 5.92 Å². The first kappa shape index (κ1) is 14.0. The van der Waals surface area contributed by atoms with E-state index in [0.717, 1.165) is 37.1 Å². The molecular weight excluding hydrogens is 240 g/mol. The molecule has 1 fully saturated rings. The average molecular weight is 262 g/mol. The molecule has 4 nitrogen and oxygen atoms in total. The number of aliphatic hydroxyl groups excluding tert-OH is 1. The third-order valence-corrected chi connectivity index (χ3v) is 3.73. The van der Waals surface area contributed by atoms with E-state index in [-0.39, 0.29) is 18.4 Å². The molecule has 1 aliphatic rings. The first-order chi connectivity index (χ1) is 9.18. The molecule has 1 saturated heterocycles. The smallest absolute Gasteiger partial charge is 0.223 e. The van der Waals surface area contributed by atoms with E-state index in [1.54, 1.807) is 0 Å². The maximum absolute atomic E-state index is 12.0. The summed E-state index contributed by atoms with van der Waals surface area (Å²) in [6.45, 7) is 4.05. The van der Waals surface area contributed by atoms with Gasteiger partial charge >= 0.3 is 0 Å². The molecule has 0 aromatic heterocycles. The molecule has 3 N–H and O–H groups in total. The number of nitrogens with one attached hydrogen (secondary N) is 2. The van der Waals surface area contributed by atoms with E-state index < -0.39 is 6.10 Å². The molecule has 1 heterocycles. The fraction of sp³-hybridized carbons (Fsp3) is 0.533. The van der Waals surface area contributed by atoms with Crippen molar-refractivity contribution in [1.29, 1.82) is 0 Å². The molecular formula is C15H22N2O2. The summed E-state index contributed by atoms with van der Waals surface area (Å²) in [5.41, 5.74) is 1.93. The van der Waals surface area contributed by atoms with E-state index in [2.05, 4.69) is 10.6 Å². The van der Waals surface area contributed by atoms with Gasteiger partial charge in [0.2, 0.25) is 5.91 Å². The minimum Gasteiger partial charge on any atom is -0.387 e. The van der Waals surface area contributed by atoms with Gasteiger partial charge in [-0.1, -0.05) is 24.3 Å². The molecule has 0 radical (unpaired) electrons. The van der Waals surface area contributed by atoms with Crippen LogP contribution < -0.4 is 10.6 Å². The third kappa shape index (κ3) is 3.78. The Hall–Kier alpha value is -1.39. The minimum absolute atomic E-state index is 0.0640. The summed E-state index contributed by atoms with van der Waals surface area (Å²) in [5, 5.41) is 16.2. The van der Waals surface area contributed by atoms with E-state index in [9.17, 15) is 9.90 Å². The van der Waals surface area contributed by atoms with Crippen molar-refractivity contribution in [3.8, 4) is 0 Å². The molecule has 0 saturated carbocycles. The van der Waals surface area contributed by atoms with Gasteiger partial charge in [0.15, 0.2) is 0 Å². The highest BCUT2D eigenvalue weighted by Gasteiger charge is 2.21. The summed E-state index contributed by atoms with van der Waals surface area (Å²) < 4.78 is 0. The Morgan fingerprint density at radius 2 is 2.11 bits per heavy atom. The van der Waals surface area contributed by atoms with Gasteiger partial charge in [-0.2, -0.15) is 0 Å². The van der Waals surface area contributed by atoms with E-state index >= 15 is 0 Å². The lowest BCUT2D eigenvalue weighted by molar-refractivity contribution is -0.126. The van der Waals surface area contributed by atoms with Crippen molar-refractivity contribution in [2.75, 3.05) is 19.6 Å². The maximum Gasteiger partial charge on any atom is 0.223 e. The Bertz CT molecular complexity index is 428. The van der Waals surface area contributed by atoms with Crippen LogP contribution in [0.3, 0.4) is 0 Å². The Morgan fingerprint density at radius 1 is 1.42 bits per heavy atom. The van der Waals surface area contributed by atoms with E-state index in [1.165, 1.54) is 0 Å². The van der Waals surface area contributed by atoms with Crippen molar-refractivity contribution in [1.82, 2.24) is 10.6 Å². The van der Waals surface area contributed by atoms with Gasteiger partial charge in [0.1, 0.15) is 0 Å². The molecule has 1 unspecified atom stereocenters. The summed E-state index contributed by atoms with van der Waals surface area (Å²) in [6, 6.07) is 7.71. The van der Waals surface area contributed by atoms with Gasteiger partial charge in [0.05, 0.1) is 6.10 Å². The first-order valence-corrected chi connectivity index (χ1v) is 6.90. The molecule has 19 heavy (non-hydrogen) atoms. The van der Waals surface area contributed by atoms with Crippen LogP contribution in [0.5, 0.6) is 0 Å². The normalized spacial score (nSPS) is 18.0. The number of hydrogen-bond acceptors (Lipinski definition) is 3. The highest BCUT2D eigenvalue weighted by Crippen LogP contribution is 2.17. The lowest BCUT2D eigenvalue weighted by Crippen LogP contribution is -2.39. The van der Waals surface area contributed by atoms with E-state index in [4.69, 9.17) is 0 Å². The van der Waals surface area contributed by atoms with Gasteiger partial charge in [-0.3, -0.25) is 4.79 Å². The molecule has 0 aliphatic carbocycles. The molecule has 1 atom stereocenters. The summed E-state index contributed by atoms with van der Waals surface area (Å²) in [5.74, 6) is 0.152. The monoisotopic (exact) mass is 262 g/mol. The number of carbonyl (C=O) groups excluding carboxylic acids is 1. The number of hydrogen-bond donors (Lipinski definition) is 3. The highest BCUT2D eigenvalue weighted by atomic mass is 16.3. The van der Waals surface area contributed by atoms with Crippen LogP contribution in [0.1, 0.15) is 30.1 Å². The van der Waals surface area contributed by atoms with Gasteiger partial charge < -0.3 is 15.7 Å². The maximum atomic E-state index is 12.0. The largest absolute Gasteiger partial charge is 0.387 e. The third-order valence-electron chi connectivity index (χ3n) is 3.73. The molecule has 4 heteroatoms. The van der Waals surface area contributed by atoms with Crippen molar-refractivity contribution >= 4 is 5.91 Å². The molecule has 2 rings (SSSR count). The summed E-state index contributed by atoms with van der Waals surface area (Å²) in [7, 11) is 0. The Labute approximate surface area is 114 Å². The van der Waals surface area contributed by atoms with Crippen LogP contribution in [0.4, 0.5) is 0 Å². The number of aliphatic hydroxyl groups is 1. The van der Waals surface area contributed by atoms with Crippen LogP contribution >= 0.6 is 0 Å². The minimum atomic E-state index is -0.633. The van der Waals surface area contributed by atoms with Gasteiger partial charge in [0, 0.05) is 12.5 Å². The SMILES string of the molecule is Cc1ccccc1C(O)CNC(=O)C1CCNCC1. The fourth-order valence-corrected chi connectivity index (χ4v) is 2.50. The van der Waals surface area contributed by atoms with Crippen molar-refractivity contribution in [3.63, 3.8) is 0 Å². The van der Waals surface area contributed by atoms with Crippen molar-refractivity contribution < 1.29 is 9.90 Å². The summed E-state index contributed by atoms with van der Waals surface area (Å²) in [4.78, 5) is 12.0. The number of aryl methyl sites for hydroxylation is 1. The van der Waals surface area contributed by atoms with Crippen LogP contribution in [0.25, 0.3) is 0 Å². The Balaban J connectivity index is 1.84. The van der Waals surface area contributed by atoms with E-state index in [1.807, 2.05) is 31.2 Å². The summed E-state index contributed by atoms with van der Waals surface area (Å²) in [6.07, 6.45) is 1.13. The van der Waals surface area contributed by atoms with Gasteiger partial charge in [-0.25, -0.2) is 0 Å². The second-order valence-electron chi connectivity index (χ2n) is 5.14. The second-order valence-corrected chi connectivity index (χ2v) is 5.14. The zero-order valence-corrected chi connectivity index (χ0v) is 11.4. The van der Waals surface area contributed by atoms with E-state index in [0.29, 0.717) is 0 Å². The predicted molar refractivity (Wildman–Crippen MR) is 74.7 cm³/mol. The lowest BCUT2D eigenvalue weighted by Gasteiger charge is -2.22. The highest BCUT2D eigenvalue weighted by molar-refractivity contribution is 5.78. The number of amides is 1. The molecule has 104 valence electrons. The molecule has 0 bridgehead atoms. The van der Waals surface area contributed by atoms with Crippen molar-refractivity contribution in [3.05, 3.63) is 35.4 Å². The van der Waals surface area contributed by atoms with Crippen LogP contribution in [0, 0.1) is 12.8 Å². The second kappa shape index (κ2) is 6.68. The molecule has 1 aliphatic heterocycles. The molecule has 1 aromatic rings. The first-order valence-electron chi connectivity index (χ1n) is 6.90. The topological polar surface area (TPSA) is 61.4 Å². The molecule has 1 amide bonds. The number of benzene rings is 1. The predicted octanol–water partition coefficient (Wildman–Crippen LogP) is 1.14. The van der Waals surface area contributed by atoms with Crippen LogP contribution in [0.15, 0.2) is 24.3 Å². The molecule has 1 aromatic carbocycles. The average Bonchev–Trinajstić information content (AvgIpc) is 2.46. The Morgan fingerprint density at radius 3 is 2.79 bits per heavy atom. The zero-order valence-electron chi connectivity index (χ0n) is 11.4. The van der Waals surface area contributed by atoms with Crippen molar-refractivity contribution in [2.45, 2.75) is 25.9 Å². The standard InChI is InChI=1S/C15H22N2O2/c1-11-4-2-3-5-13(11)14(18)10-17-15(19)12-6-8-16-9-7-12/h2-5,12,14,16,18H,6-10H2,1H3,(H,17,19). The van der Waals surface area contributed by atoms with Crippen LogP contribution in [0.2, 0.25) is 0 Å². The van der Waals surface area contributed by atoms with Gasteiger partial charge in [0.25, 0.3) is 0 Å². The van der Waals surface area contributed by atoms with Gasteiger partial charge in [-0.15, -0.1) is 0 Å². The number of piperidine rings is 1. The summed E-state index contributed by atoms with van der Waals surface area (Å²) >= 11 is 0. The quantitative estimate of drug-likeness (QED) is 0.762. The zero-order chi connectivity index (χ0) is 13.7. The lowest BCUT2D eigenvalue weighted by atomic mass is 9.97. The number of carbonyl (C=O) groups is 1. The van der Waals surface area contributed by atoms with Crippen LogP contribution in [-0.4, -0.2) is 30.6 Å². The number of rotatable bonds is 4. The Kier molecular flexibility index (Phi) is 4.93. The fourth-order valence-electron chi connectivity index (χ4n) is 2.50. The molecule has 0 spiro atoms. The van der Waals surface area contributed by atoms with Crippen LogP contribution in [-0.2, 0) is 4.79 Å².